The zero-order chi connectivity index (χ0) is 2.71. The van der Waals surface area contributed by atoms with Gasteiger partial charge in [-0.05, 0) is 0 Å². The quantitative estimate of drug-likeness (QED) is 0.351. The van der Waals surface area contributed by atoms with E-state index in [-0.39, 0.29) is 16.5 Å². The van der Waals surface area contributed by atoms with E-state index in [0.29, 0.717) is 0 Å². The normalized spacial score (nSPS) is 4.50. The van der Waals surface area contributed by atoms with Crippen molar-refractivity contribution in [2.24, 2.45) is 0 Å². The third-order valence-electron chi connectivity index (χ3n) is 0. The molecule has 0 aromatic heterocycles. The Hall–Kier alpha value is 0.454. The number of aliphatic hydroxyl groups is 1. The second-order valence-corrected chi connectivity index (χ2v) is 0.258. The Kier molecular flexibility index (Phi) is 21.7. The molecular formula is C2H5NiO-. The van der Waals surface area contributed by atoms with Crippen LogP contribution in [0, 0.1) is 6.61 Å². The number of aliphatic hydroxyl groups excluding tert-OH is 1. The van der Waals surface area contributed by atoms with E-state index in [9.17, 15) is 0 Å². The first kappa shape index (κ1) is 8.82. The molecule has 4 heavy (non-hydrogen) atoms. The molecule has 0 bridgehead atoms. The minimum absolute atomic E-state index is 0. The van der Waals surface area contributed by atoms with E-state index in [1.807, 2.05) is 0 Å². The topological polar surface area (TPSA) is 20.2 Å². The van der Waals surface area contributed by atoms with E-state index in [1.165, 1.54) is 0 Å². The molecule has 0 saturated heterocycles. The summed E-state index contributed by atoms with van der Waals surface area (Å²) in [6.07, 6.45) is 0. The molecule has 2 heteroatoms. The van der Waals surface area contributed by atoms with Gasteiger partial charge in [-0.3, -0.25) is 0 Å². The van der Waals surface area contributed by atoms with Crippen LogP contribution >= 0.6 is 0 Å². The molecule has 0 atom stereocenters. The molecule has 1 N–H and O–H groups in total. The van der Waals surface area contributed by atoms with E-state index in [2.05, 4.69) is 0 Å². The van der Waals surface area contributed by atoms with Gasteiger partial charge in [0.2, 0.25) is 0 Å². The van der Waals surface area contributed by atoms with Gasteiger partial charge in [-0.1, -0.05) is 0 Å². The minimum Gasteiger partial charge on any atom is -0.566 e. The monoisotopic (exact) mass is 103 g/mol. The standard InChI is InChI=1S/C2H5O.Ni/c1-2-3;/h2-3H,1H3;/q-1;. The van der Waals surface area contributed by atoms with Gasteiger partial charge >= 0.3 is 0 Å². The second kappa shape index (κ2) is 9.84. The van der Waals surface area contributed by atoms with Crippen LogP contribution in [0.15, 0.2) is 0 Å². The third-order valence-corrected chi connectivity index (χ3v) is 0. The van der Waals surface area contributed by atoms with Crippen molar-refractivity contribution in [2.45, 2.75) is 6.92 Å². The van der Waals surface area contributed by atoms with Crippen LogP contribution in [0.5, 0.6) is 0 Å². The van der Waals surface area contributed by atoms with Crippen molar-refractivity contribution < 1.29 is 21.6 Å². The molecule has 0 radical (unpaired) electrons. The summed E-state index contributed by atoms with van der Waals surface area (Å²) < 4.78 is 0. The molecule has 30 valence electrons. The summed E-state index contributed by atoms with van der Waals surface area (Å²) in [6, 6.07) is 0. The molecule has 0 aromatic carbocycles. The summed E-state index contributed by atoms with van der Waals surface area (Å²) in [5.41, 5.74) is 0. The van der Waals surface area contributed by atoms with Gasteiger partial charge in [-0.25, -0.2) is 6.61 Å². The molecule has 0 saturated carbocycles. The molecule has 1 nitrogen and oxygen atoms in total. The maximum Gasteiger partial charge on any atom is 0 e. The fourth-order valence-electron chi connectivity index (χ4n) is 0. The summed E-state index contributed by atoms with van der Waals surface area (Å²) in [5, 5.41) is 7.44. The molecule has 0 heterocycles. The third kappa shape index (κ3) is 25.2. The maximum absolute atomic E-state index is 7.44. The predicted molar refractivity (Wildman–Crippen MR) is 11.9 cm³/mol. The van der Waals surface area contributed by atoms with Gasteiger partial charge in [0.25, 0.3) is 0 Å². The van der Waals surface area contributed by atoms with E-state index in [1.54, 1.807) is 6.92 Å². The predicted octanol–water partition coefficient (Wildman–Crippen LogP) is 0.538. The van der Waals surface area contributed by atoms with E-state index >= 15 is 0 Å². The van der Waals surface area contributed by atoms with Gasteiger partial charge in [0.15, 0.2) is 0 Å². The largest absolute Gasteiger partial charge is 0.566 e. The Morgan fingerprint density at radius 3 is 1.75 bits per heavy atom. The van der Waals surface area contributed by atoms with Gasteiger partial charge in [-0.15, -0.1) is 0 Å². The van der Waals surface area contributed by atoms with Crippen LogP contribution < -0.4 is 0 Å². The summed E-state index contributed by atoms with van der Waals surface area (Å²) in [5.74, 6) is 0. The maximum atomic E-state index is 7.44. The summed E-state index contributed by atoms with van der Waals surface area (Å²) in [6.45, 7) is 2.56. The minimum atomic E-state index is 0. The van der Waals surface area contributed by atoms with Crippen LogP contribution in [0.25, 0.3) is 0 Å². The smallest absolute Gasteiger partial charge is 0 e. The fourth-order valence-corrected chi connectivity index (χ4v) is 0. The first-order valence-corrected chi connectivity index (χ1v) is 0.836. The molecule has 0 rings (SSSR count). The van der Waals surface area contributed by atoms with Crippen LogP contribution in [-0.2, 0) is 16.5 Å². The van der Waals surface area contributed by atoms with Crippen LogP contribution in [-0.4, -0.2) is 5.11 Å². The van der Waals surface area contributed by atoms with E-state index in [4.69, 9.17) is 5.11 Å². The number of rotatable bonds is 0. The Morgan fingerprint density at radius 1 is 1.75 bits per heavy atom. The SMILES string of the molecule is C[CH-]O.[Ni]. The first-order valence-electron chi connectivity index (χ1n) is 0.836. The Morgan fingerprint density at radius 2 is 1.75 bits per heavy atom. The summed E-state index contributed by atoms with van der Waals surface area (Å²) in [7, 11) is 0. The summed E-state index contributed by atoms with van der Waals surface area (Å²) >= 11 is 0. The number of hydrogen-bond donors (Lipinski definition) is 1. The Labute approximate surface area is 35.9 Å². The fraction of sp³-hybridized carbons (Fsp3) is 0.500. The van der Waals surface area contributed by atoms with Crippen LogP contribution in [0.3, 0.4) is 0 Å². The van der Waals surface area contributed by atoms with Crippen LogP contribution in [0.2, 0.25) is 0 Å². The van der Waals surface area contributed by atoms with Gasteiger partial charge in [0.1, 0.15) is 0 Å². The molecule has 0 amide bonds. The van der Waals surface area contributed by atoms with Gasteiger partial charge < -0.3 is 5.11 Å². The zero-order valence-corrected chi connectivity index (χ0v) is 3.33. The molecule has 0 spiro atoms. The van der Waals surface area contributed by atoms with Crippen molar-refractivity contribution in [2.75, 3.05) is 0 Å². The van der Waals surface area contributed by atoms with Gasteiger partial charge in [-0.2, -0.15) is 6.92 Å². The average molecular weight is 104 g/mol. The first-order chi connectivity index (χ1) is 1.41. The molecule has 0 aliphatic rings. The molecule has 0 aliphatic heterocycles. The van der Waals surface area contributed by atoms with Gasteiger partial charge in [0, 0.05) is 16.5 Å². The Balaban J connectivity index is 0. The zero-order valence-electron chi connectivity index (χ0n) is 2.34. The second-order valence-electron chi connectivity index (χ2n) is 0.258. The van der Waals surface area contributed by atoms with Crippen molar-refractivity contribution in [1.82, 2.24) is 0 Å². The van der Waals surface area contributed by atoms with Gasteiger partial charge in [0.05, 0.1) is 0 Å². The van der Waals surface area contributed by atoms with Crippen LogP contribution in [0.4, 0.5) is 0 Å². The molecular weight excluding hydrogens is 98.7 g/mol. The van der Waals surface area contributed by atoms with E-state index < -0.39 is 0 Å². The van der Waals surface area contributed by atoms with Crippen molar-refractivity contribution >= 4 is 0 Å². The van der Waals surface area contributed by atoms with Crippen molar-refractivity contribution in [1.29, 1.82) is 0 Å². The van der Waals surface area contributed by atoms with Crippen molar-refractivity contribution in [3.8, 4) is 0 Å². The molecule has 0 unspecified atom stereocenters. The molecule has 0 aromatic rings. The molecule has 0 fully saturated rings. The van der Waals surface area contributed by atoms with E-state index in [0.717, 1.165) is 6.61 Å². The Bertz CT molecular complexity index is 6.00. The average Bonchev–Trinajstić information content (AvgIpc) is 0.918. The van der Waals surface area contributed by atoms with Crippen molar-refractivity contribution in [3.05, 3.63) is 6.61 Å². The number of hydrogen-bond acceptors (Lipinski definition) is 1. The summed E-state index contributed by atoms with van der Waals surface area (Å²) in [4.78, 5) is 0. The molecule has 0 aliphatic carbocycles. The van der Waals surface area contributed by atoms with Crippen LogP contribution in [0.1, 0.15) is 6.92 Å². The van der Waals surface area contributed by atoms with Crippen molar-refractivity contribution in [3.63, 3.8) is 0 Å².